The first-order chi connectivity index (χ1) is 14.5. The minimum absolute atomic E-state index is 0.0136. The van der Waals surface area contributed by atoms with Gasteiger partial charge in [-0.3, -0.25) is 14.5 Å². The van der Waals surface area contributed by atoms with Crippen molar-refractivity contribution in [2.75, 3.05) is 52.2 Å². The molecule has 1 heterocycles. The highest BCUT2D eigenvalue weighted by Crippen LogP contribution is 2.24. The number of ether oxygens (including phenoxy) is 1. The monoisotopic (exact) mass is 410 g/mol. The number of likely N-dealkylation sites (N-methyl/N-ethyl adjacent to an activating group) is 1. The normalized spacial score (nSPS) is 16.0. The number of piperazine rings is 1. The molecule has 1 atom stereocenters. The molecule has 7 heteroatoms. The minimum atomic E-state index is -0.660. The lowest BCUT2D eigenvalue weighted by Crippen LogP contribution is -2.49. The fourth-order valence-electron chi connectivity index (χ4n) is 3.60. The van der Waals surface area contributed by atoms with Crippen LogP contribution in [0.15, 0.2) is 48.5 Å². The van der Waals surface area contributed by atoms with Gasteiger partial charge in [-0.05, 0) is 49.4 Å². The predicted molar refractivity (Wildman–Crippen MR) is 118 cm³/mol. The van der Waals surface area contributed by atoms with E-state index < -0.39 is 11.8 Å². The van der Waals surface area contributed by atoms with Crippen LogP contribution in [0.1, 0.15) is 17.2 Å². The molecule has 0 radical (unpaired) electrons. The molecule has 7 nitrogen and oxygen atoms in total. The summed E-state index contributed by atoms with van der Waals surface area (Å²) in [6, 6.07) is 15.2. The first-order valence-electron chi connectivity index (χ1n) is 10.2. The van der Waals surface area contributed by atoms with Crippen molar-refractivity contribution in [1.82, 2.24) is 15.1 Å². The zero-order valence-corrected chi connectivity index (χ0v) is 17.9. The van der Waals surface area contributed by atoms with Crippen LogP contribution in [0.25, 0.3) is 0 Å². The predicted octanol–water partition coefficient (Wildman–Crippen LogP) is 2.05. The van der Waals surface area contributed by atoms with Crippen LogP contribution in [-0.2, 0) is 9.59 Å². The van der Waals surface area contributed by atoms with Crippen molar-refractivity contribution < 1.29 is 14.3 Å². The molecular weight excluding hydrogens is 380 g/mol. The van der Waals surface area contributed by atoms with Crippen LogP contribution in [0.2, 0.25) is 0 Å². The number of hydrogen-bond acceptors (Lipinski definition) is 5. The maximum absolute atomic E-state index is 12.4. The van der Waals surface area contributed by atoms with Crippen LogP contribution >= 0.6 is 0 Å². The van der Waals surface area contributed by atoms with Gasteiger partial charge in [0.25, 0.3) is 0 Å². The second-order valence-corrected chi connectivity index (χ2v) is 7.66. The Morgan fingerprint density at radius 3 is 2.37 bits per heavy atom. The summed E-state index contributed by atoms with van der Waals surface area (Å²) in [5.74, 6) is -0.506. The maximum atomic E-state index is 12.4. The quantitative estimate of drug-likeness (QED) is 0.713. The van der Waals surface area contributed by atoms with E-state index in [1.54, 1.807) is 13.2 Å². The molecule has 0 spiro atoms. The van der Waals surface area contributed by atoms with E-state index in [1.807, 2.05) is 49.4 Å². The molecule has 2 amide bonds. The zero-order valence-electron chi connectivity index (χ0n) is 17.9. The SMILES string of the molecule is COc1ccc([C@@H](CNC(=O)C(=O)Nc2cccc(C)c2)N2CCN(C)CC2)cc1. The number of nitrogens with zero attached hydrogens (tertiary/aromatic N) is 2. The molecule has 1 aliphatic heterocycles. The van der Waals surface area contributed by atoms with Crippen molar-refractivity contribution >= 4 is 17.5 Å². The van der Waals surface area contributed by atoms with Gasteiger partial charge in [0.1, 0.15) is 5.75 Å². The molecule has 0 unspecified atom stereocenters. The van der Waals surface area contributed by atoms with Crippen LogP contribution in [-0.4, -0.2) is 68.5 Å². The van der Waals surface area contributed by atoms with Gasteiger partial charge in [0.15, 0.2) is 0 Å². The number of amides is 2. The number of hydrogen-bond donors (Lipinski definition) is 2. The molecule has 0 bridgehead atoms. The number of anilines is 1. The smallest absolute Gasteiger partial charge is 0.313 e. The van der Waals surface area contributed by atoms with E-state index in [1.165, 1.54) is 0 Å². The molecule has 1 fully saturated rings. The van der Waals surface area contributed by atoms with E-state index in [-0.39, 0.29) is 6.04 Å². The summed E-state index contributed by atoms with van der Waals surface area (Å²) < 4.78 is 5.26. The minimum Gasteiger partial charge on any atom is -0.497 e. The van der Waals surface area contributed by atoms with Crippen molar-refractivity contribution in [2.24, 2.45) is 0 Å². The molecule has 160 valence electrons. The zero-order chi connectivity index (χ0) is 21.5. The molecule has 0 aliphatic carbocycles. The standard InChI is InChI=1S/C23H30N4O3/c1-17-5-4-6-19(15-17)25-23(29)22(28)24-16-21(27-13-11-26(2)12-14-27)18-7-9-20(30-3)10-8-18/h4-10,15,21H,11-14,16H2,1-3H3,(H,24,28)(H,25,29)/t21-/m1/s1. The van der Waals surface area contributed by atoms with Gasteiger partial charge in [-0.1, -0.05) is 24.3 Å². The van der Waals surface area contributed by atoms with Crippen molar-refractivity contribution in [2.45, 2.75) is 13.0 Å². The summed E-state index contributed by atoms with van der Waals surface area (Å²) in [6.07, 6.45) is 0. The van der Waals surface area contributed by atoms with E-state index in [4.69, 9.17) is 4.74 Å². The highest BCUT2D eigenvalue weighted by atomic mass is 16.5. The second-order valence-electron chi connectivity index (χ2n) is 7.66. The molecular formula is C23H30N4O3. The van der Waals surface area contributed by atoms with E-state index in [0.29, 0.717) is 12.2 Å². The summed E-state index contributed by atoms with van der Waals surface area (Å²) in [7, 11) is 3.75. The molecule has 0 aromatic heterocycles. The van der Waals surface area contributed by atoms with Gasteiger partial charge >= 0.3 is 11.8 Å². The molecule has 2 N–H and O–H groups in total. The van der Waals surface area contributed by atoms with E-state index in [2.05, 4.69) is 27.5 Å². The van der Waals surface area contributed by atoms with Crippen LogP contribution in [0, 0.1) is 6.92 Å². The fraction of sp³-hybridized carbons (Fsp3) is 0.391. The molecule has 1 aliphatic rings. The van der Waals surface area contributed by atoms with Gasteiger partial charge in [0, 0.05) is 38.4 Å². The van der Waals surface area contributed by atoms with Gasteiger partial charge in [0.05, 0.1) is 13.2 Å². The van der Waals surface area contributed by atoms with E-state index in [0.717, 1.165) is 43.1 Å². The fourth-order valence-corrected chi connectivity index (χ4v) is 3.60. The van der Waals surface area contributed by atoms with Gasteiger partial charge in [-0.15, -0.1) is 0 Å². The lowest BCUT2D eigenvalue weighted by Gasteiger charge is -2.38. The van der Waals surface area contributed by atoms with Crippen molar-refractivity contribution in [3.05, 3.63) is 59.7 Å². The topological polar surface area (TPSA) is 73.9 Å². The Hall–Kier alpha value is -2.90. The van der Waals surface area contributed by atoms with Gasteiger partial charge in [-0.2, -0.15) is 0 Å². The highest BCUT2D eigenvalue weighted by molar-refractivity contribution is 6.39. The van der Waals surface area contributed by atoms with Crippen molar-refractivity contribution in [3.63, 3.8) is 0 Å². The maximum Gasteiger partial charge on any atom is 0.313 e. The Bertz CT molecular complexity index is 861. The van der Waals surface area contributed by atoms with Crippen LogP contribution in [0.3, 0.4) is 0 Å². The average molecular weight is 411 g/mol. The largest absolute Gasteiger partial charge is 0.497 e. The van der Waals surface area contributed by atoms with Crippen molar-refractivity contribution in [3.8, 4) is 5.75 Å². The Labute approximate surface area is 178 Å². The third-order valence-electron chi connectivity index (χ3n) is 5.42. The number of benzene rings is 2. The molecule has 2 aromatic carbocycles. The second kappa shape index (κ2) is 10.2. The number of methoxy groups -OCH3 is 1. The Balaban J connectivity index is 1.66. The number of aryl methyl sites for hydroxylation is 1. The molecule has 0 saturated carbocycles. The number of carbonyl (C=O) groups is 2. The summed E-state index contributed by atoms with van der Waals surface area (Å²) in [6.45, 7) is 6.03. The Morgan fingerprint density at radius 2 is 1.73 bits per heavy atom. The molecule has 30 heavy (non-hydrogen) atoms. The first kappa shape index (κ1) is 21.8. The van der Waals surface area contributed by atoms with Gasteiger partial charge in [-0.25, -0.2) is 0 Å². The number of carbonyl (C=O) groups excluding carboxylic acids is 2. The summed E-state index contributed by atoms with van der Waals surface area (Å²) in [5, 5.41) is 5.47. The lowest BCUT2D eigenvalue weighted by atomic mass is 10.0. The Morgan fingerprint density at radius 1 is 1.03 bits per heavy atom. The summed E-state index contributed by atoms with van der Waals surface area (Å²) in [5.41, 5.74) is 2.71. The number of nitrogens with one attached hydrogen (secondary N) is 2. The highest BCUT2D eigenvalue weighted by Gasteiger charge is 2.25. The Kier molecular flexibility index (Phi) is 7.43. The molecule has 2 aromatic rings. The lowest BCUT2D eigenvalue weighted by molar-refractivity contribution is -0.136. The third kappa shape index (κ3) is 5.81. The van der Waals surface area contributed by atoms with Crippen LogP contribution < -0.4 is 15.4 Å². The van der Waals surface area contributed by atoms with Crippen LogP contribution in [0.5, 0.6) is 5.75 Å². The van der Waals surface area contributed by atoms with E-state index >= 15 is 0 Å². The summed E-state index contributed by atoms with van der Waals surface area (Å²) >= 11 is 0. The average Bonchev–Trinajstić information content (AvgIpc) is 2.75. The van der Waals surface area contributed by atoms with E-state index in [9.17, 15) is 9.59 Å². The van der Waals surface area contributed by atoms with Gasteiger partial charge in [0.2, 0.25) is 0 Å². The van der Waals surface area contributed by atoms with Crippen LogP contribution in [0.4, 0.5) is 5.69 Å². The van der Waals surface area contributed by atoms with Gasteiger partial charge < -0.3 is 20.3 Å². The first-order valence-corrected chi connectivity index (χ1v) is 10.2. The van der Waals surface area contributed by atoms with Crippen molar-refractivity contribution in [1.29, 1.82) is 0 Å². The summed E-state index contributed by atoms with van der Waals surface area (Å²) in [4.78, 5) is 29.4. The number of rotatable bonds is 6. The molecule has 1 saturated heterocycles. The molecule has 3 rings (SSSR count). The third-order valence-corrected chi connectivity index (χ3v) is 5.42.